The van der Waals surface area contributed by atoms with Gasteiger partial charge in [-0.15, -0.1) is 0 Å². The Morgan fingerprint density at radius 1 is 0.490 bits per heavy atom. The largest absolute Gasteiger partial charge is 0.481 e. The first-order valence-corrected chi connectivity index (χ1v) is 20.5. The summed E-state index contributed by atoms with van der Waals surface area (Å²) in [5.41, 5.74) is 0. The molecule has 0 saturated heterocycles. The first-order valence-electron chi connectivity index (χ1n) is 20.5. The average Bonchev–Trinajstić information content (AvgIpc) is 3.09. The monoisotopic (exact) mass is 688 g/mol. The highest BCUT2D eigenvalue weighted by molar-refractivity contribution is 5.66. The van der Waals surface area contributed by atoms with Gasteiger partial charge in [0.15, 0.2) is 0 Å². The topological polar surface area (TPSA) is 77.8 Å². The Balaban J connectivity index is 0. The molecule has 0 bridgehead atoms. The Morgan fingerprint density at radius 3 is 1.12 bits per heavy atom. The molecule has 1 saturated carbocycles. The Kier molecular flexibility index (Phi) is 42.0. The molecule has 0 aromatic rings. The first-order chi connectivity index (χ1) is 23.8. The van der Waals surface area contributed by atoms with Crippen LogP contribution in [-0.4, -0.2) is 47.2 Å². The molecule has 1 fully saturated rings. The number of carboxylic acid groups (broad SMARTS) is 2. The number of hydrogen-bond donors (Lipinski definition) is 2. The molecule has 0 radical (unpaired) electrons. The van der Waals surface area contributed by atoms with E-state index in [9.17, 15) is 9.59 Å². The Morgan fingerprint density at radius 2 is 0.816 bits per heavy atom. The number of nitrogens with zero attached hydrogens (tertiary/aromatic N) is 1. The quantitative estimate of drug-likeness (QED) is 0.0604. The fourth-order valence-corrected chi connectivity index (χ4v) is 5.77. The normalized spacial score (nSPS) is 13.7. The van der Waals surface area contributed by atoms with Crippen LogP contribution in [0.4, 0.5) is 0 Å². The van der Waals surface area contributed by atoms with Crippen molar-refractivity contribution in [3.05, 3.63) is 48.6 Å². The van der Waals surface area contributed by atoms with Gasteiger partial charge in [0.25, 0.3) is 0 Å². The minimum atomic E-state index is -0.671. The molecule has 0 aromatic heterocycles. The molecular weight excluding hydrogens is 606 g/mol. The molecule has 0 heterocycles. The third-order valence-electron chi connectivity index (χ3n) is 8.99. The lowest BCUT2D eigenvalue weighted by atomic mass is 9.95. The molecule has 1 aliphatic rings. The highest BCUT2D eigenvalue weighted by Crippen LogP contribution is 2.20. The van der Waals surface area contributed by atoms with Gasteiger partial charge in [-0.05, 0) is 104 Å². The summed E-state index contributed by atoms with van der Waals surface area (Å²) < 4.78 is 0. The van der Waals surface area contributed by atoms with Crippen LogP contribution in [0.25, 0.3) is 0 Å². The maximum absolute atomic E-state index is 10.3. The summed E-state index contributed by atoms with van der Waals surface area (Å²) in [7, 11) is 4.38. The second-order valence-electron chi connectivity index (χ2n) is 14.0. The van der Waals surface area contributed by atoms with E-state index in [1.165, 1.54) is 122 Å². The highest BCUT2D eigenvalue weighted by Gasteiger charge is 2.14. The van der Waals surface area contributed by atoms with E-state index >= 15 is 0 Å². The molecule has 0 spiro atoms. The lowest BCUT2D eigenvalue weighted by molar-refractivity contribution is -0.138. The van der Waals surface area contributed by atoms with Gasteiger partial charge in [0, 0.05) is 18.9 Å². The molecule has 286 valence electrons. The lowest BCUT2D eigenvalue weighted by Gasteiger charge is -2.27. The second-order valence-corrected chi connectivity index (χ2v) is 14.0. The molecule has 0 amide bonds. The number of carboxylic acids is 2. The van der Waals surface area contributed by atoms with Gasteiger partial charge >= 0.3 is 11.9 Å². The molecule has 0 unspecified atom stereocenters. The Hall–Kier alpha value is -2.14. The van der Waals surface area contributed by atoms with Gasteiger partial charge in [0.05, 0.1) is 0 Å². The Bertz CT molecular complexity index is 752. The maximum Gasteiger partial charge on any atom is 0.303 e. The van der Waals surface area contributed by atoms with Gasteiger partial charge in [-0.3, -0.25) is 9.59 Å². The van der Waals surface area contributed by atoms with Crippen molar-refractivity contribution >= 4 is 11.9 Å². The van der Waals surface area contributed by atoms with Crippen molar-refractivity contribution < 1.29 is 19.8 Å². The summed E-state index contributed by atoms with van der Waals surface area (Å²) in [6, 6.07) is 0.888. The highest BCUT2D eigenvalue weighted by atomic mass is 16.4. The summed E-state index contributed by atoms with van der Waals surface area (Å²) in [6.07, 6.45) is 51.8. The van der Waals surface area contributed by atoms with Crippen LogP contribution < -0.4 is 0 Å². The SMILES string of the molecule is CCCCC/C=C\C/C=C\CCCCCCCC(=O)O.CCCCC/C=C\C/C=C\CCCCCCCC(=O)O.CN(C)C1CCCCC1. The molecule has 2 N–H and O–H groups in total. The fraction of sp³-hybridized carbons (Fsp3) is 0.773. The van der Waals surface area contributed by atoms with Crippen molar-refractivity contribution in [1.29, 1.82) is 0 Å². The van der Waals surface area contributed by atoms with Crippen LogP contribution in [0.1, 0.15) is 200 Å². The third-order valence-corrected chi connectivity index (χ3v) is 8.99. The summed E-state index contributed by atoms with van der Waals surface area (Å²) >= 11 is 0. The standard InChI is InChI=1S/2C18H32O2.C8H17N/c2*1-2-3-4-5-6-7-8-9-10-11-12-13-14-15-16-17-18(19)20;1-9(2)8-6-4-3-5-7-8/h2*6-7,9-10H,2-5,8,11-17H2,1H3,(H,19,20);8H,3-7H2,1-2H3/b2*7-6-,10-9-;. The molecule has 1 aliphatic carbocycles. The molecule has 5 heteroatoms. The molecule has 49 heavy (non-hydrogen) atoms. The average molecular weight is 688 g/mol. The van der Waals surface area contributed by atoms with Crippen molar-refractivity contribution in [1.82, 2.24) is 4.90 Å². The zero-order valence-corrected chi connectivity index (χ0v) is 32.9. The van der Waals surface area contributed by atoms with Crippen molar-refractivity contribution in [2.24, 2.45) is 0 Å². The zero-order valence-electron chi connectivity index (χ0n) is 32.9. The van der Waals surface area contributed by atoms with Crippen molar-refractivity contribution in [2.45, 2.75) is 206 Å². The maximum atomic E-state index is 10.3. The van der Waals surface area contributed by atoms with E-state index in [1.807, 2.05) is 0 Å². The summed E-state index contributed by atoms with van der Waals surface area (Å²) in [6.45, 7) is 4.47. The molecular formula is C44H81NO4. The van der Waals surface area contributed by atoms with Crippen molar-refractivity contribution in [3.8, 4) is 0 Å². The van der Waals surface area contributed by atoms with Crippen molar-refractivity contribution in [2.75, 3.05) is 14.1 Å². The van der Waals surface area contributed by atoms with Crippen LogP contribution in [0, 0.1) is 0 Å². The van der Waals surface area contributed by atoms with E-state index in [-0.39, 0.29) is 0 Å². The van der Waals surface area contributed by atoms with E-state index in [1.54, 1.807) is 0 Å². The smallest absolute Gasteiger partial charge is 0.303 e. The third kappa shape index (κ3) is 45.9. The predicted molar refractivity (Wildman–Crippen MR) is 215 cm³/mol. The summed E-state index contributed by atoms with van der Waals surface area (Å²) in [4.78, 5) is 23.0. The van der Waals surface area contributed by atoms with Crippen molar-refractivity contribution in [3.63, 3.8) is 0 Å². The number of allylic oxidation sites excluding steroid dienone is 8. The van der Waals surface area contributed by atoms with Crippen LogP contribution in [0.3, 0.4) is 0 Å². The van der Waals surface area contributed by atoms with Crippen LogP contribution in [0.15, 0.2) is 48.6 Å². The van der Waals surface area contributed by atoms with Crippen LogP contribution >= 0.6 is 0 Å². The number of aliphatic carboxylic acids is 2. The fourth-order valence-electron chi connectivity index (χ4n) is 5.77. The van der Waals surface area contributed by atoms with E-state index in [2.05, 4.69) is 81.5 Å². The van der Waals surface area contributed by atoms with Gasteiger partial charge in [-0.2, -0.15) is 0 Å². The van der Waals surface area contributed by atoms with E-state index < -0.39 is 11.9 Å². The predicted octanol–water partition coefficient (Wildman–Crippen LogP) is 13.6. The summed E-state index contributed by atoms with van der Waals surface area (Å²) in [5.74, 6) is -1.34. The minimum absolute atomic E-state index is 0.324. The van der Waals surface area contributed by atoms with Crippen LogP contribution in [0.2, 0.25) is 0 Å². The second kappa shape index (κ2) is 42.0. The van der Waals surface area contributed by atoms with E-state index in [0.29, 0.717) is 12.8 Å². The number of carbonyl (C=O) groups is 2. The molecule has 0 aromatic carbocycles. The molecule has 1 rings (SSSR count). The molecule has 0 atom stereocenters. The lowest BCUT2D eigenvalue weighted by Crippen LogP contribution is -2.29. The number of hydrogen-bond acceptors (Lipinski definition) is 3. The first kappa shape index (κ1) is 49.0. The number of rotatable bonds is 29. The van der Waals surface area contributed by atoms with Gasteiger partial charge in [-0.25, -0.2) is 0 Å². The van der Waals surface area contributed by atoms with Gasteiger partial charge < -0.3 is 15.1 Å². The van der Waals surface area contributed by atoms with Crippen LogP contribution in [0.5, 0.6) is 0 Å². The Labute approximate surface area is 304 Å². The molecule has 5 nitrogen and oxygen atoms in total. The van der Waals surface area contributed by atoms with E-state index in [0.717, 1.165) is 57.4 Å². The minimum Gasteiger partial charge on any atom is -0.481 e. The number of unbranched alkanes of at least 4 members (excludes halogenated alkanes) is 16. The van der Waals surface area contributed by atoms with Gasteiger partial charge in [0.2, 0.25) is 0 Å². The summed E-state index contributed by atoms with van der Waals surface area (Å²) in [5, 5.41) is 17.0. The van der Waals surface area contributed by atoms with Gasteiger partial charge in [0.1, 0.15) is 0 Å². The zero-order chi connectivity index (χ0) is 36.5. The van der Waals surface area contributed by atoms with Gasteiger partial charge in [-0.1, -0.05) is 146 Å². The molecule has 0 aliphatic heterocycles. The van der Waals surface area contributed by atoms with E-state index in [4.69, 9.17) is 10.2 Å². The van der Waals surface area contributed by atoms with Crippen LogP contribution in [-0.2, 0) is 9.59 Å².